The van der Waals surface area contributed by atoms with Crippen LogP contribution in [0.2, 0.25) is 0 Å². The van der Waals surface area contributed by atoms with Crippen molar-refractivity contribution in [2.24, 2.45) is 5.92 Å². The molecule has 2 atom stereocenters. The quantitative estimate of drug-likeness (QED) is 0.869. The van der Waals surface area contributed by atoms with Crippen molar-refractivity contribution in [1.82, 2.24) is 9.97 Å². The predicted octanol–water partition coefficient (Wildman–Crippen LogP) is 3.43. The number of hydrogen-bond donors (Lipinski definition) is 1. The highest BCUT2D eigenvalue weighted by molar-refractivity contribution is 5.45. The van der Waals surface area contributed by atoms with Crippen molar-refractivity contribution in [2.45, 2.75) is 52.4 Å². The van der Waals surface area contributed by atoms with Crippen molar-refractivity contribution >= 4 is 5.82 Å². The molecule has 1 saturated carbocycles. The lowest BCUT2D eigenvalue weighted by Crippen LogP contribution is -2.08. The van der Waals surface area contributed by atoms with E-state index in [1.807, 2.05) is 7.05 Å². The van der Waals surface area contributed by atoms with Crippen LogP contribution in [0.15, 0.2) is 0 Å². The van der Waals surface area contributed by atoms with E-state index in [2.05, 4.69) is 36.1 Å². The molecule has 0 amide bonds. The Morgan fingerprint density at radius 1 is 1.24 bits per heavy atom. The molecule has 0 aromatic carbocycles. The Morgan fingerprint density at radius 2 is 2.00 bits per heavy atom. The smallest absolute Gasteiger partial charge is 0.134 e. The van der Waals surface area contributed by atoms with Gasteiger partial charge in [-0.15, -0.1) is 0 Å². The van der Waals surface area contributed by atoms with E-state index in [-0.39, 0.29) is 0 Å². The standard InChI is InChI=1S/C14H23N3/c1-5-11-6-7-12(8-11)14-16-10(3)9(2)13(15-4)17-14/h11-12H,5-8H2,1-4H3,(H,15,16,17). The molecule has 3 heteroatoms. The lowest BCUT2D eigenvalue weighted by atomic mass is 10.0. The molecule has 1 aromatic rings. The molecule has 0 spiro atoms. The van der Waals surface area contributed by atoms with Crippen LogP contribution in [0.3, 0.4) is 0 Å². The van der Waals surface area contributed by atoms with E-state index < -0.39 is 0 Å². The summed E-state index contributed by atoms with van der Waals surface area (Å²) in [6.45, 7) is 6.44. The molecule has 0 aliphatic heterocycles. The van der Waals surface area contributed by atoms with Gasteiger partial charge in [-0.1, -0.05) is 13.3 Å². The van der Waals surface area contributed by atoms with Crippen LogP contribution in [-0.2, 0) is 0 Å². The Balaban J connectivity index is 2.25. The fourth-order valence-corrected chi connectivity index (χ4v) is 2.76. The molecule has 0 radical (unpaired) electrons. The summed E-state index contributed by atoms with van der Waals surface area (Å²) in [6.07, 6.45) is 5.15. The van der Waals surface area contributed by atoms with Crippen LogP contribution in [-0.4, -0.2) is 17.0 Å². The summed E-state index contributed by atoms with van der Waals surface area (Å²) < 4.78 is 0. The van der Waals surface area contributed by atoms with Crippen molar-refractivity contribution in [3.05, 3.63) is 17.1 Å². The number of aromatic nitrogens is 2. The maximum absolute atomic E-state index is 4.68. The summed E-state index contributed by atoms with van der Waals surface area (Å²) in [5.74, 6) is 3.50. The molecule has 94 valence electrons. The zero-order chi connectivity index (χ0) is 12.4. The Morgan fingerprint density at radius 3 is 2.59 bits per heavy atom. The van der Waals surface area contributed by atoms with E-state index >= 15 is 0 Å². The molecular weight excluding hydrogens is 210 g/mol. The molecule has 0 bridgehead atoms. The van der Waals surface area contributed by atoms with Gasteiger partial charge in [-0.3, -0.25) is 0 Å². The average molecular weight is 233 g/mol. The fraction of sp³-hybridized carbons (Fsp3) is 0.714. The zero-order valence-corrected chi connectivity index (χ0v) is 11.4. The maximum Gasteiger partial charge on any atom is 0.134 e. The van der Waals surface area contributed by atoms with Crippen molar-refractivity contribution in [2.75, 3.05) is 12.4 Å². The summed E-state index contributed by atoms with van der Waals surface area (Å²) in [5, 5.41) is 3.17. The van der Waals surface area contributed by atoms with Crippen LogP contribution >= 0.6 is 0 Å². The maximum atomic E-state index is 4.68. The minimum Gasteiger partial charge on any atom is -0.373 e. The van der Waals surface area contributed by atoms with Gasteiger partial charge in [0.2, 0.25) is 0 Å². The average Bonchev–Trinajstić information content (AvgIpc) is 2.81. The molecule has 1 aliphatic rings. The lowest BCUT2D eigenvalue weighted by Gasteiger charge is -2.14. The predicted molar refractivity (Wildman–Crippen MR) is 71.4 cm³/mol. The van der Waals surface area contributed by atoms with Gasteiger partial charge in [0, 0.05) is 24.2 Å². The van der Waals surface area contributed by atoms with Gasteiger partial charge in [-0.2, -0.15) is 0 Å². The Bertz CT molecular complexity index is 401. The first-order valence-electron chi connectivity index (χ1n) is 6.68. The monoisotopic (exact) mass is 233 g/mol. The second-order valence-electron chi connectivity index (χ2n) is 5.18. The SMILES string of the molecule is CCC1CCC(c2nc(C)c(C)c(NC)n2)C1. The van der Waals surface area contributed by atoms with Crippen molar-refractivity contribution in [1.29, 1.82) is 0 Å². The van der Waals surface area contributed by atoms with Crippen molar-refractivity contribution in [3.63, 3.8) is 0 Å². The Kier molecular flexibility index (Phi) is 3.65. The van der Waals surface area contributed by atoms with Gasteiger partial charge >= 0.3 is 0 Å². The minimum atomic E-state index is 0.575. The third kappa shape index (κ3) is 2.43. The second kappa shape index (κ2) is 5.03. The first-order valence-corrected chi connectivity index (χ1v) is 6.68. The molecule has 1 aliphatic carbocycles. The highest BCUT2D eigenvalue weighted by Crippen LogP contribution is 2.38. The Labute approximate surface area is 104 Å². The summed E-state index contributed by atoms with van der Waals surface area (Å²) in [6, 6.07) is 0. The topological polar surface area (TPSA) is 37.8 Å². The Hall–Kier alpha value is -1.12. The molecule has 17 heavy (non-hydrogen) atoms. The fourth-order valence-electron chi connectivity index (χ4n) is 2.76. The van der Waals surface area contributed by atoms with Gasteiger partial charge in [0.1, 0.15) is 11.6 Å². The summed E-state index contributed by atoms with van der Waals surface area (Å²) >= 11 is 0. The number of anilines is 1. The van der Waals surface area contributed by atoms with Gasteiger partial charge in [0.05, 0.1) is 0 Å². The van der Waals surface area contributed by atoms with E-state index in [9.17, 15) is 0 Å². The number of nitrogens with zero attached hydrogens (tertiary/aromatic N) is 2. The van der Waals surface area contributed by atoms with Gasteiger partial charge < -0.3 is 5.32 Å². The first kappa shape index (κ1) is 12.3. The molecular formula is C14H23N3. The van der Waals surface area contributed by atoms with E-state index in [1.54, 1.807) is 0 Å². The van der Waals surface area contributed by atoms with Crippen molar-refractivity contribution in [3.8, 4) is 0 Å². The van der Waals surface area contributed by atoms with Gasteiger partial charge in [0.25, 0.3) is 0 Å². The van der Waals surface area contributed by atoms with E-state index in [0.29, 0.717) is 5.92 Å². The highest BCUT2D eigenvalue weighted by Gasteiger charge is 2.27. The van der Waals surface area contributed by atoms with E-state index in [4.69, 9.17) is 0 Å². The van der Waals surface area contributed by atoms with Gasteiger partial charge in [-0.25, -0.2) is 9.97 Å². The largest absolute Gasteiger partial charge is 0.373 e. The van der Waals surface area contributed by atoms with Crippen LogP contribution in [0.5, 0.6) is 0 Å². The van der Waals surface area contributed by atoms with E-state index in [1.165, 1.54) is 31.2 Å². The molecule has 3 nitrogen and oxygen atoms in total. The van der Waals surface area contributed by atoms with Crippen molar-refractivity contribution < 1.29 is 0 Å². The van der Waals surface area contributed by atoms with Crippen LogP contribution in [0.1, 0.15) is 55.6 Å². The van der Waals surface area contributed by atoms with Gasteiger partial charge in [-0.05, 0) is 39.0 Å². The normalized spacial score (nSPS) is 24.0. The summed E-state index contributed by atoms with van der Waals surface area (Å²) in [5.41, 5.74) is 2.28. The number of rotatable bonds is 3. The number of nitrogens with one attached hydrogen (secondary N) is 1. The van der Waals surface area contributed by atoms with Crippen LogP contribution in [0, 0.1) is 19.8 Å². The zero-order valence-electron chi connectivity index (χ0n) is 11.4. The van der Waals surface area contributed by atoms with Gasteiger partial charge in [0.15, 0.2) is 0 Å². The van der Waals surface area contributed by atoms with E-state index in [0.717, 1.165) is 23.3 Å². The molecule has 0 saturated heterocycles. The third-order valence-electron chi connectivity index (χ3n) is 4.13. The van der Waals surface area contributed by atoms with Crippen LogP contribution in [0.4, 0.5) is 5.82 Å². The molecule has 2 rings (SSSR count). The molecule has 2 unspecified atom stereocenters. The number of hydrogen-bond acceptors (Lipinski definition) is 3. The molecule has 1 aromatic heterocycles. The summed E-state index contributed by atoms with van der Waals surface area (Å²) in [7, 11) is 1.93. The molecule has 1 N–H and O–H groups in total. The second-order valence-corrected chi connectivity index (χ2v) is 5.18. The third-order valence-corrected chi connectivity index (χ3v) is 4.13. The minimum absolute atomic E-state index is 0.575. The highest BCUT2D eigenvalue weighted by atomic mass is 15.0. The van der Waals surface area contributed by atoms with Crippen LogP contribution in [0.25, 0.3) is 0 Å². The molecule has 1 fully saturated rings. The van der Waals surface area contributed by atoms with Crippen LogP contribution < -0.4 is 5.32 Å². The molecule has 1 heterocycles. The first-order chi connectivity index (χ1) is 8.15. The summed E-state index contributed by atoms with van der Waals surface area (Å²) in [4.78, 5) is 9.36. The number of aryl methyl sites for hydroxylation is 1. The lowest BCUT2D eigenvalue weighted by molar-refractivity contribution is 0.516.